The molecule has 6 nitrogen and oxygen atoms in total. The summed E-state index contributed by atoms with van der Waals surface area (Å²) in [6, 6.07) is 4.42. The van der Waals surface area contributed by atoms with Crippen LogP contribution in [0, 0.1) is 11.6 Å². The van der Waals surface area contributed by atoms with Crippen LogP contribution >= 0.6 is 11.6 Å². The van der Waals surface area contributed by atoms with Gasteiger partial charge in [-0.1, -0.05) is 17.7 Å². The lowest BCUT2D eigenvalue weighted by atomic mass is 9.91. The normalized spacial score (nSPS) is 20.1. The lowest BCUT2D eigenvalue weighted by molar-refractivity contribution is 0.221. The molecule has 9 heteroatoms. The van der Waals surface area contributed by atoms with Gasteiger partial charge in [0, 0.05) is 12.1 Å². The van der Waals surface area contributed by atoms with Crippen molar-refractivity contribution in [3.63, 3.8) is 0 Å². The molecule has 0 aliphatic heterocycles. The van der Waals surface area contributed by atoms with Gasteiger partial charge in [0.2, 0.25) is 5.95 Å². The molecule has 0 saturated heterocycles. The van der Waals surface area contributed by atoms with E-state index in [0.717, 1.165) is 25.7 Å². The van der Waals surface area contributed by atoms with E-state index in [1.807, 2.05) is 0 Å². The first-order chi connectivity index (χ1) is 13.4. The van der Waals surface area contributed by atoms with Gasteiger partial charge in [0.05, 0.1) is 11.8 Å². The molecule has 4 rings (SSSR count). The molecule has 3 aromatic rings. The van der Waals surface area contributed by atoms with Gasteiger partial charge < -0.3 is 10.2 Å². The first kappa shape index (κ1) is 19.0. The number of aromatic nitrogens is 4. The first-order valence-corrected chi connectivity index (χ1v) is 9.60. The highest BCUT2D eigenvalue weighted by Gasteiger charge is 2.25. The van der Waals surface area contributed by atoms with Gasteiger partial charge in [-0.3, -0.25) is 0 Å². The largest absolute Gasteiger partial charge is 0.351 e. The van der Waals surface area contributed by atoms with Crippen LogP contribution in [0.3, 0.4) is 0 Å². The highest BCUT2D eigenvalue weighted by atomic mass is 35.5. The van der Waals surface area contributed by atoms with E-state index in [2.05, 4.69) is 39.4 Å². The zero-order chi connectivity index (χ0) is 19.8. The van der Waals surface area contributed by atoms with Crippen molar-refractivity contribution >= 4 is 23.2 Å². The molecule has 28 heavy (non-hydrogen) atoms. The van der Waals surface area contributed by atoms with Gasteiger partial charge in [-0.05, 0) is 51.9 Å². The molecule has 2 aromatic heterocycles. The average molecular weight is 407 g/mol. The third kappa shape index (κ3) is 3.54. The summed E-state index contributed by atoms with van der Waals surface area (Å²) in [5.41, 5.74) is 0.0282. The average Bonchev–Trinajstić information content (AvgIpc) is 3.03. The molecule has 1 aliphatic carbocycles. The van der Waals surface area contributed by atoms with Crippen LogP contribution in [0.15, 0.2) is 24.4 Å². The molecule has 0 unspecified atom stereocenters. The summed E-state index contributed by atoms with van der Waals surface area (Å²) in [6.45, 7) is 0. The summed E-state index contributed by atoms with van der Waals surface area (Å²) >= 11 is 6.19. The number of fused-ring (bicyclic) bond motifs is 1. The van der Waals surface area contributed by atoms with E-state index in [0.29, 0.717) is 22.7 Å². The Morgan fingerprint density at radius 3 is 2.43 bits per heavy atom. The Morgan fingerprint density at radius 2 is 1.79 bits per heavy atom. The molecule has 1 fully saturated rings. The van der Waals surface area contributed by atoms with Crippen LogP contribution in [0.4, 0.5) is 14.7 Å². The van der Waals surface area contributed by atoms with Crippen molar-refractivity contribution < 1.29 is 8.78 Å². The van der Waals surface area contributed by atoms with Crippen LogP contribution in [-0.2, 0) is 0 Å². The topological polar surface area (TPSA) is 58.3 Å². The van der Waals surface area contributed by atoms with E-state index in [1.165, 1.54) is 28.9 Å². The van der Waals surface area contributed by atoms with Gasteiger partial charge >= 0.3 is 0 Å². The van der Waals surface area contributed by atoms with Crippen LogP contribution in [0.1, 0.15) is 25.7 Å². The van der Waals surface area contributed by atoms with E-state index < -0.39 is 11.6 Å². The van der Waals surface area contributed by atoms with Crippen molar-refractivity contribution in [2.45, 2.75) is 37.8 Å². The molecular formula is C19H21ClF2N6. The smallest absolute Gasteiger partial charge is 0.228 e. The summed E-state index contributed by atoms with van der Waals surface area (Å²) < 4.78 is 30.0. The standard InChI is InChI=1S/C19H21ClF2N6/c1-27(2)12-8-6-11(7-9-12)24-19-26-17(16-14(21)4-3-5-15(16)22)25-18-13(20)10-23-28(18)19/h3-5,10-12H,6-9H2,1-2H3,(H,24,25,26). The fourth-order valence-corrected chi connectivity index (χ4v) is 3.85. The third-order valence-corrected chi connectivity index (χ3v) is 5.54. The molecule has 0 spiro atoms. The fourth-order valence-electron chi connectivity index (χ4n) is 3.69. The first-order valence-electron chi connectivity index (χ1n) is 9.22. The second kappa shape index (κ2) is 7.60. The van der Waals surface area contributed by atoms with Crippen LogP contribution in [0.2, 0.25) is 5.02 Å². The summed E-state index contributed by atoms with van der Waals surface area (Å²) in [5, 5.41) is 7.87. The lowest BCUT2D eigenvalue weighted by Gasteiger charge is -2.33. The third-order valence-electron chi connectivity index (χ3n) is 5.27. The Bertz CT molecular complexity index is 977. The van der Waals surface area contributed by atoms with Gasteiger partial charge in [-0.15, -0.1) is 0 Å². The number of nitrogens with one attached hydrogen (secondary N) is 1. The van der Waals surface area contributed by atoms with Crippen LogP contribution < -0.4 is 5.32 Å². The molecular weight excluding hydrogens is 386 g/mol. The van der Waals surface area contributed by atoms with E-state index in [-0.39, 0.29) is 17.4 Å². The number of anilines is 1. The van der Waals surface area contributed by atoms with Crippen molar-refractivity contribution in [3.8, 4) is 11.4 Å². The maximum absolute atomic E-state index is 14.3. The van der Waals surface area contributed by atoms with E-state index in [9.17, 15) is 8.78 Å². The molecule has 0 radical (unpaired) electrons. The minimum atomic E-state index is -0.725. The zero-order valence-corrected chi connectivity index (χ0v) is 16.4. The number of benzene rings is 1. The van der Waals surface area contributed by atoms with E-state index >= 15 is 0 Å². The molecule has 1 aliphatic rings. The van der Waals surface area contributed by atoms with Crippen molar-refractivity contribution in [1.29, 1.82) is 0 Å². The van der Waals surface area contributed by atoms with Gasteiger partial charge in [-0.2, -0.15) is 14.6 Å². The van der Waals surface area contributed by atoms with Gasteiger partial charge in [0.15, 0.2) is 11.5 Å². The van der Waals surface area contributed by atoms with Gasteiger partial charge in [0.1, 0.15) is 16.7 Å². The van der Waals surface area contributed by atoms with Crippen LogP contribution in [-0.4, -0.2) is 50.7 Å². The Kier molecular flexibility index (Phi) is 5.16. The summed E-state index contributed by atoms with van der Waals surface area (Å²) in [5.74, 6) is -1.13. The molecule has 0 amide bonds. The predicted octanol–water partition coefficient (Wildman–Crippen LogP) is 4.01. The Morgan fingerprint density at radius 1 is 1.11 bits per heavy atom. The Balaban J connectivity index is 1.70. The fraction of sp³-hybridized carbons (Fsp3) is 0.421. The number of hydrogen-bond donors (Lipinski definition) is 1. The summed E-state index contributed by atoms with van der Waals surface area (Å²) in [4.78, 5) is 10.9. The minimum Gasteiger partial charge on any atom is -0.351 e. The van der Waals surface area contributed by atoms with Crippen molar-refractivity contribution in [1.82, 2.24) is 24.5 Å². The quantitative estimate of drug-likeness (QED) is 0.709. The van der Waals surface area contributed by atoms with Crippen molar-refractivity contribution in [2.75, 3.05) is 19.4 Å². The second-order valence-electron chi connectivity index (χ2n) is 7.31. The Labute approximate surface area is 166 Å². The highest BCUT2D eigenvalue weighted by molar-refractivity contribution is 6.33. The molecule has 1 saturated carbocycles. The molecule has 0 atom stereocenters. The van der Waals surface area contributed by atoms with Gasteiger partial charge in [-0.25, -0.2) is 13.8 Å². The predicted molar refractivity (Wildman–Crippen MR) is 104 cm³/mol. The molecule has 148 valence electrons. The molecule has 1 N–H and O–H groups in total. The number of halogens is 3. The highest BCUT2D eigenvalue weighted by Crippen LogP contribution is 2.29. The van der Waals surface area contributed by atoms with Crippen LogP contribution in [0.5, 0.6) is 0 Å². The summed E-state index contributed by atoms with van der Waals surface area (Å²) in [6.07, 6.45) is 5.50. The SMILES string of the molecule is CN(C)C1CCC(Nc2nc(-c3c(F)cccc3F)nc3c(Cl)cnn23)CC1. The van der Waals surface area contributed by atoms with Crippen molar-refractivity contribution in [2.24, 2.45) is 0 Å². The van der Waals surface area contributed by atoms with Crippen LogP contribution in [0.25, 0.3) is 17.0 Å². The molecule has 1 aromatic carbocycles. The number of nitrogens with zero attached hydrogens (tertiary/aromatic N) is 5. The Hall–Kier alpha value is -2.32. The zero-order valence-electron chi connectivity index (χ0n) is 15.7. The minimum absolute atomic E-state index is 0.0602. The number of rotatable bonds is 4. The van der Waals surface area contributed by atoms with Gasteiger partial charge in [0.25, 0.3) is 0 Å². The van der Waals surface area contributed by atoms with E-state index in [4.69, 9.17) is 11.6 Å². The monoisotopic (exact) mass is 406 g/mol. The second-order valence-corrected chi connectivity index (χ2v) is 7.72. The molecule has 2 heterocycles. The molecule has 0 bridgehead atoms. The van der Waals surface area contributed by atoms with Crippen molar-refractivity contribution in [3.05, 3.63) is 41.1 Å². The number of hydrogen-bond acceptors (Lipinski definition) is 5. The lowest BCUT2D eigenvalue weighted by Crippen LogP contribution is -2.36. The maximum Gasteiger partial charge on any atom is 0.228 e. The maximum atomic E-state index is 14.3. The summed E-state index contributed by atoms with van der Waals surface area (Å²) in [7, 11) is 4.18. The van der Waals surface area contributed by atoms with E-state index in [1.54, 1.807) is 0 Å².